The number of aromatic nitrogens is 3. The normalized spacial score (nSPS) is 20.5. The van der Waals surface area contributed by atoms with Crippen LogP contribution >= 0.6 is 0 Å². The molecule has 2 fully saturated rings. The van der Waals surface area contributed by atoms with E-state index in [0.29, 0.717) is 5.88 Å². The van der Waals surface area contributed by atoms with Crippen LogP contribution in [0.2, 0.25) is 0 Å². The Morgan fingerprint density at radius 3 is 2.71 bits per heavy atom. The van der Waals surface area contributed by atoms with Crippen molar-refractivity contribution in [2.24, 2.45) is 0 Å². The van der Waals surface area contributed by atoms with Crippen LogP contribution in [-0.4, -0.2) is 68.3 Å². The van der Waals surface area contributed by atoms with E-state index < -0.39 is 12.1 Å². The maximum absolute atomic E-state index is 10.6. The molecule has 2 aromatic rings. The topological polar surface area (TPSA) is 89.7 Å². The van der Waals surface area contributed by atoms with Gasteiger partial charge in [0.2, 0.25) is 5.88 Å². The van der Waals surface area contributed by atoms with Gasteiger partial charge < -0.3 is 14.6 Å². The summed E-state index contributed by atoms with van der Waals surface area (Å²) in [6, 6.07) is 5.78. The number of ether oxygens (including phenoxy) is 2. The first-order chi connectivity index (χ1) is 14.7. The first-order valence-electron chi connectivity index (χ1n) is 9.94. The maximum Gasteiger partial charge on any atom is 0.490 e. The molecule has 11 heteroatoms. The highest BCUT2D eigenvalue weighted by atomic mass is 19.4. The predicted octanol–water partition coefficient (Wildman–Crippen LogP) is 2.74. The maximum atomic E-state index is 10.6. The fraction of sp³-hybridized carbons (Fsp3) is 0.550. The molecule has 0 bridgehead atoms. The molecular weight excluding hydrogens is 417 g/mol. The van der Waals surface area contributed by atoms with E-state index in [1.54, 1.807) is 6.20 Å². The van der Waals surface area contributed by atoms with E-state index in [-0.39, 0.29) is 11.7 Å². The molecule has 0 amide bonds. The molecule has 31 heavy (non-hydrogen) atoms. The molecule has 4 rings (SSSR count). The Labute approximate surface area is 177 Å². The summed E-state index contributed by atoms with van der Waals surface area (Å²) in [5.74, 6) is -2.05. The number of alkyl halides is 3. The molecule has 1 atom stereocenters. The number of halogens is 3. The van der Waals surface area contributed by atoms with Gasteiger partial charge in [0.05, 0.1) is 18.4 Å². The molecule has 0 radical (unpaired) electrons. The van der Waals surface area contributed by atoms with Crippen molar-refractivity contribution in [3.63, 3.8) is 0 Å². The van der Waals surface area contributed by atoms with Crippen LogP contribution in [0.25, 0.3) is 0 Å². The molecule has 2 saturated heterocycles. The number of nitrogens with zero attached hydrogens (tertiary/aromatic N) is 4. The Balaban J connectivity index is 0.000000339. The zero-order chi connectivity index (χ0) is 22.5. The van der Waals surface area contributed by atoms with Gasteiger partial charge in [0.15, 0.2) is 0 Å². The fourth-order valence-electron chi connectivity index (χ4n) is 3.69. The zero-order valence-electron chi connectivity index (χ0n) is 17.1. The fourth-order valence-corrected chi connectivity index (χ4v) is 3.69. The Kier molecular flexibility index (Phi) is 7.16. The third kappa shape index (κ3) is 6.41. The summed E-state index contributed by atoms with van der Waals surface area (Å²) in [6.45, 7) is 6.65. The van der Waals surface area contributed by atoms with Crippen molar-refractivity contribution < 1.29 is 32.5 Å². The van der Waals surface area contributed by atoms with Crippen LogP contribution in [-0.2, 0) is 22.6 Å². The van der Waals surface area contributed by atoms with Gasteiger partial charge in [-0.3, -0.25) is 9.58 Å². The van der Waals surface area contributed by atoms with E-state index in [4.69, 9.17) is 19.4 Å². The highest BCUT2D eigenvalue weighted by Crippen LogP contribution is 2.36. The lowest BCUT2D eigenvalue weighted by molar-refractivity contribution is -0.192. The van der Waals surface area contributed by atoms with Gasteiger partial charge in [0.1, 0.15) is 6.10 Å². The third-order valence-corrected chi connectivity index (χ3v) is 5.06. The molecule has 170 valence electrons. The van der Waals surface area contributed by atoms with Crippen LogP contribution in [0.5, 0.6) is 5.88 Å². The summed E-state index contributed by atoms with van der Waals surface area (Å²) in [5.41, 5.74) is 1.22. The smallest absolute Gasteiger partial charge is 0.475 e. The number of likely N-dealkylation sites (tertiary alicyclic amines) is 1. The average molecular weight is 442 g/mol. The number of aliphatic carboxylic acids is 1. The summed E-state index contributed by atoms with van der Waals surface area (Å²) >= 11 is 0. The van der Waals surface area contributed by atoms with Crippen molar-refractivity contribution in [1.82, 2.24) is 19.7 Å². The Morgan fingerprint density at radius 2 is 2.13 bits per heavy atom. The van der Waals surface area contributed by atoms with E-state index in [1.165, 1.54) is 5.56 Å². The lowest BCUT2D eigenvalue weighted by atomic mass is 9.84. The summed E-state index contributed by atoms with van der Waals surface area (Å²) in [6.07, 6.45) is 2.84. The molecule has 2 aliphatic heterocycles. The number of carboxylic acids is 1. The molecular formula is C20H25F3N4O4. The van der Waals surface area contributed by atoms with Crippen LogP contribution in [0.1, 0.15) is 25.3 Å². The van der Waals surface area contributed by atoms with E-state index in [2.05, 4.69) is 28.1 Å². The third-order valence-electron chi connectivity index (χ3n) is 5.06. The number of hydrogen-bond donors (Lipinski definition) is 1. The van der Waals surface area contributed by atoms with Crippen molar-refractivity contribution in [3.8, 4) is 5.88 Å². The minimum atomic E-state index is -5.08. The van der Waals surface area contributed by atoms with Gasteiger partial charge in [-0.15, -0.1) is 0 Å². The molecule has 1 unspecified atom stereocenters. The van der Waals surface area contributed by atoms with Gasteiger partial charge in [0.25, 0.3) is 0 Å². The van der Waals surface area contributed by atoms with Crippen LogP contribution in [0.3, 0.4) is 0 Å². The van der Waals surface area contributed by atoms with Crippen molar-refractivity contribution in [2.45, 2.75) is 50.7 Å². The predicted molar refractivity (Wildman–Crippen MR) is 103 cm³/mol. The molecule has 8 nitrogen and oxygen atoms in total. The Bertz CT molecular complexity index is 854. The Hall–Kier alpha value is -2.66. The minimum absolute atomic E-state index is 0.0432. The van der Waals surface area contributed by atoms with Gasteiger partial charge in [-0.25, -0.2) is 9.78 Å². The highest BCUT2D eigenvalue weighted by Gasteiger charge is 2.48. The summed E-state index contributed by atoms with van der Waals surface area (Å²) < 4.78 is 45.8. The van der Waals surface area contributed by atoms with Gasteiger partial charge in [-0.05, 0) is 13.0 Å². The summed E-state index contributed by atoms with van der Waals surface area (Å²) in [7, 11) is 0. The van der Waals surface area contributed by atoms with Gasteiger partial charge in [0, 0.05) is 63.0 Å². The van der Waals surface area contributed by atoms with E-state index in [9.17, 15) is 13.2 Å². The number of pyridine rings is 1. The van der Waals surface area contributed by atoms with Crippen molar-refractivity contribution in [2.75, 3.05) is 19.7 Å². The monoisotopic (exact) mass is 442 g/mol. The SMILES string of the molecule is CCn1cc(CN2CC3(CC(Oc4ccccn4)CCO3)C2)cn1.O=C(O)C(F)(F)F. The van der Waals surface area contributed by atoms with E-state index in [1.807, 2.05) is 29.1 Å². The zero-order valence-corrected chi connectivity index (χ0v) is 17.1. The standard InChI is InChI=1S/C18H24N4O2.C2HF3O2/c1-2-22-12-15(10-20-22)11-21-13-18(14-21)9-16(6-8-23-18)24-17-5-3-4-7-19-17;3-2(4,5)1(6)7/h3-5,7,10,12,16H,2,6,8-9,11,13-14H2,1H3;(H,6,7). The molecule has 0 saturated carbocycles. The Morgan fingerprint density at radius 1 is 1.39 bits per heavy atom. The first-order valence-corrected chi connectivity index (χ1v) is 9.94. The molecule has 0 aliphatic carbocycles. The lowest BCUT2D eigenvalue weighted by Crippen LogP contribution is -2.65. The molecule has 4 heterocycles. The summed E-state index contributed by atoms with van der Waals surface area (Å²) in [4.78, 5) is 15.6. The van der Waals surface area contributed by atoms with Crippen LogP contribution in [0.4, 0.5) is 13.2 Å². The highest BCUT2D eigenvalue weighted by molar-refractivity contribution is 5.73. The largest absolute Gasteiger partial charge is 0.490 e. The second kappa shape index (κ2) is 9.65. The summed E-state index contributed by atoms with van der Waals surface area (Å²) in [5, 5.41) is 11.5. The van der Waals surface area contributed by atoms with Gasteiger partial charge in [-0.2, -0.15) is 18.3 Å². The van der Waals surface area contributed by atoms with Gasteiger partial charge >= 0.3 is 12.1 Å². The van der Waals surface area contributed by atoms with E-state index in [0.717, 1.165) is 45.6 Å². The number of carboxylic acid groups (broad SMARTS) is 1. The molecule has 2 aromatic heterocycles. The van der Waals surface area contributed by atoms with Crippen molar-refractivity contribution in [3.05, 3.63) is 42.4 Å². The van der Waals surface area contributed by atoms with Gasteiger partial charge in [-0.1, -0.05) is 6.07 Å². The average Bonchev–Trinajstić information content (AvgIpc) is 3.15. The van der Waals surface area contributed by atoms with Crippen molar-refractivity contribution in [1.29, 1.82) is 0 Å². The molecule has 0 aromatic carbocycles. The molecule has 2 aliphatic rings. The first kappa shape index (κ1) is 23.0. The second-order valence-corrected chi connectivity index (χ2v) is 7.58. The number of hydrogen-bond acceptors (Lipinski definition) is 6. The second-order valence-electron chi connectivity index (χ2n) is 7.58. The lowest BCUT2D eigenvalue weighted by Gasteiger charge is -2.53. The van der Waals surface area contributed by atoms with Crippen LogP contribution in [0.15, 0.2) is 36.8 Å². The molecule has 1 N–H and O–H groups in total. The number of rotatable bonds is 5. The van der Waals surface area contributed by atoms with Crippen LogP contribution in [0, 0.1) is 0 Å². The minimum Gasteiger partial charge on any atom is -0.475 e. The number of carbonyl (C=O) groups is 1. The van der Waals surface area contributed by atoms with E-state index >= 15 is 0 Å². The van der Waals surface area contributed by atoms with Crippen LogP contribution < -0.4 is 4.74 Å². The number of aryl methyl sites for hydroxylation is 1. The quantitative estimate of drug-likeness (QED) is 0.762. The molecule has 1 spiro atoms. The van der Waals surface area contributed by atoms with Crippen molar-refractivity contribution >= 4 is 5.97 Å².